The van der Waals surface area contributed by atoms with Crippen LogP contribution in [0.4, 0.5) is 5.69 Å². The molecular weight excluding hydrogens is 382 g/mol. The molecule has 0 fully saturated rings. The molecule has 0 spiro atoms. The van der Waals surface area contributed by atoms with E-state index in [-0.39, 0.29) is 16.7 Å². The van der Waals surface area contributed by atoms with Gasteiger partial charge in [-0.2, -0.15) is 0 Å². The lowest BCUT2D eigenvalue weighted by molar-refractivity contribution is -0.705. The maximum atomic E-state index is 12.3. The molecule has 2 aromatic carbocycles. The highest BCUT2D eigenvalue weighted by Gasteiger charge is 2.22. The molecule has 1 amide bonds. The van der Waals surface area contributed by atoms with Crippen molar-refractivity contribution in [2.24, 2.45) is 0 Å². The highest BCUT2D eigenvalue weighted by atomic mass is 32.2. The fourth-order valence-corrected chi connectivity index (χ4v) is 3.18. The molecule has 1 aromatic heterocycles. The van der Waals surface area contributed by atoms with Crippen molar-refractivity contribution in [3.05, 3.63) is 48.5 Å². The first-order valence-corrected chi connectivity index (χ1v) is 9.49. The third-order valence-corrected chi connectivity index (χ3v) is 4.71. The SMILES string of the molecule is CCOc1ccccc1NC(=O)CSc1c([O-])on[n+]1-c1ccc(OC)cc1. The van der Waals surface area contributed by atoms with Crippen molar-refractivity contribution in [2.75, 3.05) is 24.8 Å². The van der Waals surface area contributed by atoms with E-state index in [1.165, 1.54) is 4.68 Å². The van der Waals surface area contributed by atoms with Gasteiger partial charge in [0.1, 0.15) is 11.5 Å². The average molecular weight is 401 g/mol. The normalized spacial score (nSPS) is 10.5. The fraction of sp³-hybridized carbons (Fsp3) is 0.211. The van der Waals surface area contributed by atoms with Crippen LogP contribution in [-0.4, -0.2) is 30.6 Å². The van der Waals surface area contributed by atoms with Gasteiger partial charge in [0.25, 0.3) is 5.03 Å². The van der Waals surface area contributed by atoms with Crippen LogP contribution in [0, 0.1) is 0 Å². The molecule has 28 heavy (non-hydrogen) atoms. The second-order valence-corrected chi connectivity index (χ2v) is 6.51. The zero-order valence-corrected chi connectivity index (χ0v) is 16.2. The number of carbonyl (C=O) groups is 1. The summed E-state index contributed by atoms with van der Waals surface area (Å²) in [6.07, 6.45) is 0. The van der Waals surface area contributed by atoms with Gasteiger partial charge in [0.05, 0.1) is 30.4 Å². The van der Waals surface area contributed by atoms with Crippen LogP contribution in [0.2, 0.25) is 0 Å². The number of methoxy groups -OCH3 is 1. The largest absolute Gasteiger partial charge is 0.538 e. The Hall–Kier alpha value is -3.20. The number of nitrogens with one attached hydrogen (secondary N) is 1. The van der Waals surface area contributed by atoms with E-state index in [9.17, 15) is 9.90 Å². The number of rotatable bonds is 8. The summed E-state index contributed by atoms with van der Waals surface area (Å²) in [5, 5.41) is 18.8. The Labute approximate surface area is 166 Å². The number of amides is 1. The molecule has 0 unspecified atom stereocenters. The predicted molar refractivity (Wildman–Crippen MR) is 101 cm³/mol. The third kappa shape index (κ3) is 4.55. The highest BCUT2D eigenvalue weighted by molar-refractivity contribution is 7.99. The first-order chi connectivity index (χ1) is 13.6. The van der Waals surface area contributed by atoms with Crippen LogP contribution in [0.3, 0.4) is 0 Å². The molecule has 0 radical (unpaired) electrons. The van der Waals surface area contributed by atoms with Crippen molar-refractivity contribution in [3.8, 4) is 23.1 Å². The molecule has 0 aliphatic rings. The summed E-state index contributed by atoms with van der Waals surface area (Å²) >= 11 is 1.04. The molecule has 0 saturated carbocycles. The number of hydrogen-bond acceptors (Lipinski definition) is 7. The lowest BCUT2D eigenvalue weighted by Crippen LogP contribution is -2.35. The molecule has 9 heteroatoms. The number of para-hydroxylation sites is 2. The molecule has 0 bridgehead atoms. The standard InChI is InChI=1S/C19H19N3O5S/c1-3-26-16-7-5-4-6-15(16)20-17(23)12-28-18-19(24)27-21-22(18)13-8-10-14(25-2)11-9-13/h4-11H,3,12H2,1-2H3,(H-,20,21,23,24). The van der Waals surface area contributed by atoms with E-state index in [0.717, 1.165) is 11.8 Å². The summed E-state index contributed by atoms with van der Waals surface area (Å²) in [5.74, 6) is 0.387. The molecule has 8 nitrogen and oxygen atoms in total. The van der Waals surface area contributed by atoms with Crippen LogP contribution < -0.4 is 24.6 Å². The first-order valence-electron chi connectivity index (χ1n) is 8.50. The first kappa shape index (κ1) is 19.6. The van der Waals surface area contributed by atoms with Crippen LogP contribution in [0.5, 0.6) is 17.4 Å². The van der Waals surface area contributed by atoms with Gasteiger partial charge >= 0.3 is 0 Å². The number of nitrogens with zero attached hydrogens (tertiary/aromatic N) is 2. The minimum Gasteiger partial charge on any atom is -0.538 e. The van der Waals surface area contributed by atoms with E-state index < -0.39 is 5.95 Å². The van der Waals surface area contributed by atoms with Crippen molar-refractivity contribution in [1.29, 1.82) is 0 Å². The molecular formula is C19H19N3O5S. The van der Waals surface area contributed by atoms with Crippen molar-refractivity contribution in [3.63, 3.8) is 0 Å². The number of carbonyl (C=O) groups excluding carboxylic acids is 1. The summed E-state index contributed by atoms with van der Waals surface area (Å²) in [7, 11) is 1.57. The summed E-state index contributed by atoms with van der Waals surface area (Å²) < 4.78 is 16.7. The summed E-state index contributed by atoms with van der Waals surface area (Å²) in [6, 6.07) is 14.1. The second-order valence-electron chi connectivity index (χ2n) is 5.54. The van der Waals surface area contributed by atoms with E-state index in [0.29, 0.717) is 29.5 Å². The van der Waals surface area contributed by atoms with Crippen LogP contribution >= 0.6 is 11.8 Å². The zero-order chi connectivity index (χ0) is 19.9. The number of anilines is 1. The minimum absolute atomic E-state index is 0.00701. The molecule has 146 valence electrons. The topological polar surface area (TPSA) is 101 Å². The smallest absolute Gasteiger partial charge is 0.298 e. The van der Waals surface area contributed by atoms with Crippen molar-refractivity contribution < 1.29 is 28.6 Å². The molecule has 3 aromatic rings. The van der Waals surface area contributed by atoms with Gasteiger partial charge in [-0.1, -0.05) is 12.1 Å². The summed E-state index contributed by atoms with van der Waals surface area (Å²) in [6.45, 7) is 2.36. The summed E-state index contributed by atoms with van der Waals surface area (Å²) in [4.78, 5) is 12.3. The lowest BCUT2D eigenvalue weighted by atomic mass is 10.3. The van der Waals surface area contributed by atoms with Crippen molar-refractivity contribution >= 4 is 23.4 Å². The van der Waals surface area contributed by atoms with E-state index in [1.54, 1.807) is 49.6 Å². The van der Waals surface area contributed by atoms with Crippen molar-refractivity contribution in [2.45, 2.75) is 11.9 Å². The third-order valence-electron chi connectivity index (χ3n) is 3.69. The Bertz CT molecular complexity index is 943. The monoisotopic (exact) mass is 401 g/mol. The molecule has 1 heterocycles. The highest BCUT2D eigenvalue weighted by Crippen LogP contribution is 2.26. The van der Waals surface area contributed by atoms with Gasteiger partial charge in [-0.15, -0.1) is 0 Å². The Kier molecular flexibility index (Phi) is 6.38. The van der Waals surface area contributed by atoms with Gasteiger partial charge < -0.3 is 24.4 Å². The number of aromatic nitrogens is 2. The Morgan fingerprint density at radius 3 is 2.71 bits per heavy atom. The number of thioether (sulfide) groups is 1. The molecule has 1 N–H and O–H groups in total. The average Bonchev–Trinajstić information content (AvgIpc) is 3.08. The van der Waals surface area contributed by atoms with Gasteiger partial charge in [-0.05, 0) is 47.6 Å². The Balaban J connectivity index is 1.69. The van der Waals surface area contributed by atoms with Crippen molar-refractivity contribution in [1.82, 2.24) is 5.27 Å². The predicted octanol–water partition coefficient (Wildman–Crippen LogP) is 2.16. The maximum Gasteiger partial charge on any atom is 0.298 e. The van der Waals surface area contributed by atoms with Gasteiger partial charge in [0.2, 0.25) is 11.6 Å². The molecule has 0 aliphatic heterocycles. The Morgan fingerprint density at radius 2 is 2.00 bits per heavy atom. The van der Waals surface area contributed by atoms with Gasteiger partial charge in [0, 0.05) is 12.1 Å². The van der Waals surface area contributed by atoms with Gasteiger partial charge in [0.15, 0.2) is 5.95 Å². The van der Waals surface area contributed by atoms with E-state index in [1.807, 2.05) is 13.0 Å². The van der Waals surface area contributed by atoms with E-state index in [2.05, 4.69) is 10.6 Å². The van der Waals surface area contributed by atoms with Gasteiger partial charge in [-0.3, -0.25) is 4.79 Å². The lowest BCUT2D eigenvalue weighted by Gasteiger charge is -2.10. The minimum atomic E-state index is -0.608. The molecule has 3 rings (SSSR count). The molecule has 0 saturated heterocycles. The van der Waals surface area contributed by atoms with Crippen LogP contribution in [0.15, 0.2) is 58.1 Å². The van der Waals surface area contributed by atoms with Gasteiger partial charge in [-0.25, -0.2) is 0 Å². The second kappa shape index (κ2) is 9.14. The maximum absolute atomic E-state index is 12.3. The van der Waals surface area contributed by atoms with Crippen LogP contribution in [-0.2, 0) is 4.79 Å². The Morgan fingerprint density at radius 1 is 1.25 bits per heavy atom. The van der Waals surface area contributed by atoms with Crippen LogP contribution in [0.1, 0.15) is 6.92 Å². The quantitative estimate of drug-likeness (QED) is 0.456. The molecule has 0 aliphatic carbocycles. The summed E-state index contributed by atoms with van der Waals surface area (Å²) in [5.41, 5.74) is 1.20. The molecule has 0 atom stereocenters. The number of benzene rings is 2. The zero-order valence-electron chi connectivity index (χ0n) is 15.4. The number of ether oxygens (including phenoxy) is 2. The van der Waals surface area contributed by atoms with E-state index in [4.69, 9.17) is 14.0 Å². The fourth-order valence-electron chi connectivity index (χ4n) is 2.42. The number of hydrogen-bond donors (Lipinski definition) is 1. The van der Waals surface area contributed by atoms with Crippen LogP contribution in [0.25, 0.3) is 5.69 Å². The van der Waals surface area contributed by atoms with E-state index >= 15 is 0 Å².